The fourth-order valence-electron chi connectivity index (χ4n) is 1.38. The predicted octanol–water partition coefficient (Wildman–Crippen LogP) is 1.33. The third kappa shape index (κ3) is 4.15. The van der Waals surface area contributed by atoms with Gasteiger partial charge in [0.2, 0.25) is 0 Å². The van der Waals surface area contributed by atoms with Crippen LogP contribution in [0.1, 0.15) is 26.1 Å². The molecule has 0 aliphatic carbocycles. The SMILES string of the molecule is CCC(C)SCC(Cc1nccn1C)NN. The van der Waals surface area contributed by atoms with E-state index >= 15 is 0 Å². The summed E-state index contributed by atoms with van der Waals surface area (Å²) in [6.07, 6.45) is 5.86. The number of nitrogens with zero attached hydrogens (tertiary/aromatic N) is 2. The van der Waals surface area contributed by atoms with Gasteiger partial charge < -0.3 is 4.57 Å². The van der Waals surface area contributed by atoms with Crippen LogP contribution in [0.3, 0.4) is 0 Å². The second-order valence-electron chi connectivity index (χ2n) is 4.07. The largest absolute Gasteiger partial charge is 0.338 e. The van der Waals surface area contributed by atoms with Crippen molar-refractivity contribution in [1.82, 2.24) is 15.0 Å². The highest BCUT2D eigenvalue weighted by Crippen LogP contribution is 2.15. The highest BCUT2D eigenvalue weighted by atomic mass is 32.2. The van der Waals surface area contributed by atoms with Gasteiger partial charge in [-0.15, -0.1) is 0 Å². The summed E-state index contributed by atoms with van der Waals surface area (Å²) in [6, 6.07) is 0.292. The van der Waals surface area contributed by atoms with E-state index in [4.69, 9.17) is 5.84 Å². The summed E-state index contributed by atoms with van der Waals surface area (Å²) in [5, 5.41) is 0.692. The van der Waals surface area contributed by atoms with Gasteiger partial charge in [-0.3, -0.25) is 11.3 Å². The van der Waals surface area contributed by atoms with E-state index in [1.54, 1.807) is 0 Å². The summed E-state index contributed by atoms with van der Waals surface area (Å²) in [6.45, 7) is 4.46. The van der Waals surface area contributed by atoms with E-state index in [0.29, 0.717) is 11.3 Å². The molecule has 0 aliphatic rings. The van der Waals surface area contributed by atoms with Crippen molar-refractivity contribution in [3.05, 3.63) is 18.2 Å². The number of hydrazine groups is 1. The van der Waals surface area contributed by atoms with Crippen molar-refractivity contribution in [1.29, 1.82) is 0 Å². The first-order valence-corrected chi connectivity index (χ1v) is 6.76. The van der Waals surface area contributed by atoms with Gasteiger partial charge in [-0.1, -0.05) is 13.8 Å². The molecule has 0 saturated heterocycles. The van der Waals surface area contributed by atoms with E-state index in [1.807, 2.05) is 35.8 Å². The molecule has 0 aromatic carbocycles. The van der Waals surface area contributed by atoms with Gasteiger partial charge in [-0.25, -0.2) is 4.98 Å². The Bertz CT molecular complexity index is 300. The number of nitrogens with two attached hydrogens (primary N) is 1. The van der Waals surface area contributed by atoms with E-state index in [2.05, 4.69) is 24.3 Å². The van der Waals surface area contributed by atoms with Crippen molar-refractivity contribution in [3.63, 3.8) is 0 Å². The van der Waals surface area contributed by atoms with E-state index < -0.39 is 0 Å². The van der Waals surface area contributed by atoms with Crippen molar-refractivity contribution >= 4 is 11.8 Å². The molecule has 3 N–H and O–H groups in total. The number of thioether (sulfide) groups is 1. The molecule has 0 radical (unpaired) electrons. The molecule has 0 saturated carbocycles. The average molecular weight is 242 g/mol. The molecule has 1 aromatic heterocycles. The monoisotopic (exact) mass is 242 g/mol. The van der Waals surface area contributed by atoms with E-state index in [-0.39, 0.29) is 0 Å². The first kappa shape index (κ1) is 13.5. The van der Waals surface area contributed by atoms with Crippen LogP contribution in [0.4, 0.5) is 0 Å². The fourth-order valence-corrected chi connectivity index (χ4v) is 2.39. The highest BCUT2D eigenvalue weighted by molar-refractivity contribution is 7.99. The standard InChI is InChI=1S/C11H22N4S/c1-4-9(2)16-8-10(14-12)7-11-13-5-6-15(11)3/h5-6,9-10,14H,4,7-8,12H2,1-3H3. The van der Waals surface area contributed by atoms with Crippen LogP contribution in [0.25, 0.3) is 0 Å². The van der Waals surface area contributed by atoms with Crippen LogP contribution >= 0.6 is 11.8 Å². The van der Waals surface area contributed by atoms with Gasteiger partial charge in [0.25, 0.3) is 0 Å². The van der Waals surface area contributed by atoms with Gasteiger partial charge in [-0.05, 0) is 6.42 Å². The lowest BCUT2D eigenvalue weighted by atomic mass is 10.2. The third-order valence-electron chi connectivity index (χ3n) is 2.74. The molecule has 1 rings (SSSR count). The van der Waals surface area contributed by atoms with Crippen LogP contribution in [0.5, 0.6) is 0 Å². The van der Waals surface area contributed by atoms with Gasteiger partial charge >= 0.3 is 0 Å². The molecule has 0 bridgehead atoms. The van der Waals surface area contributed by atoms with Gasteiger partial charge in [0.1, 0.15) is 5.82 Å². The zero-order valence-corrected chi connectivity index (χ0v) is 11.1. The second kappa shape index (κ2) is 6.93. The Balaban J connectivity index is 2.40. The maximum Gasteiger partial charge on any atom is 0.110 e. The number of aryl methyl sites for hydroxylation is 1. The lowest BCUT2D eigenvalue weighted by molar-refractivity contribution is 0.551. The quantitative estimate of drug-likeness (QED) is 0.559. The minimum absolute atomic E-state index is 0.292. The van der Waals surface area contributed by atoms with Crippen molar-refractivity contribution in [2.24, 2.45) is 12.9 Å². The summed E-state index contributed by atoms with van der Waals surface area (Å²) in [5.74, 6) is 7.67. The minimum Gasteiger partial charge on any atom is -0.338 e. The van der Waals surface area contributed by atoms with Crippen LogP contribution < -0.4 is 11.3 Å². The van der Waals surface area contributed by atoms with Gasteiger partial charge in [0, 0.05) is 42.9 Å². The lowest BCUT2D eigenvalue weighted by Gasteiger charge is -2.17. The van der Waals surface area contributed by atoms with E-state index in [9.17, 15) is 0 Å². The molecule has 2 atom stereocenters. The van der Waals surface area contributed by atoms with Crippen LogP contribution in [0, 0.1) is 0 Å². The van der Waals surface area contributed by atoms with Crippen LogP contribution in [0.15, 0.2) is 12.4 Å². The molecular weight excluding hydrogens is 220 g/mol. The van der Waals surface area contributed by atoms with Gasteiger partial charge in [0.05, 0.1) is 0 Å². The topological polar surface area (TPSA) is 55.9 Å². The second-order valence-corrected chi connectivity index (χ2v) is 5.55. The molecule has 4 nitrogen and oxygen atoms in total. The van der Waals surface area contributed by atoms with Crippen molar-refractivity contribution in [2.75, 3.05) is 5.75 Å². The molecule has 0 spiro atoms. The van der Waals surface area contributed by atoms with E-state index in [0.717, 1.165) is 18.0 Å². The minimum atomic E-state index is 0.292. The van der Waals surface area contributed by atoms with Crippen LogP contribution in [0.2, 0.25) is 0 Å². The molecule has 1 aromatic rings. The average Bonchev–Trinajstić information content (AvgIpc) is 2.69. The molecule has 0 amide bonds. The van der Waals surface area contributed by atoms with Crippen molar-refractivity contribution < 1.29 is 0 Å². The lowest BCUT2D eigenvalue weighted by Crippen LogP contribution is -2.39. The number of nitrogens with one attached hydrogen (secondary N) is 1. The summed E-state index contributed by atoms with van der Waals surface area (Å²) >= 11 is 1.96. The maximum atomic E-state index is 5.57. The number of aromatic nitrogens is 2. The number of imidazole rings is 1. The number of hydrogen-bond acceptors (Lipinski definition) is 4. The Morgan fingerprint density at radius 3 is 2.88 bits per heavy atom. The summed E-state index contributed by atoms with van der Waals surface area (Å²) in [5.41, 5.74) is 2.87. The van der Waals surface area contributed by atoms with Gasteiger partial charge in [-0.2, -0.15) is 11.8 Å². The summed E-state index contributed by atoms with van der Waals surface area (Å²) in [7, 11) is 2.01. The van der Waals surface area contributed by atoms with Crippen molar-refractivity contribution in [3.8, 4) is 0 Å². The number of hydrogen-bond donors (Lipinski definition) is 2. The Labute approximate surface area is 102 Å². The smallest absolute Gasteiger partial charge is 0.110 e. The third-order valence-corrected chi connectivity index (χ3v) is 4.24. The van der Waals surface area contributed by atoms with Crippen LogP contribution in [-0.2, 0) is 13.5 Å². The summed E-state index contributed by atoms with van der Waals surface area (Å²) < 4.78 is 2.04. The number of rotatable bonds is 7. The highest BCUT2D eigenvalue weighted by Gasteiger charge is 2.12. The first-order chi connectivity index (χ1) is 7.67. The normalized spacial score (nSPS) is 15.0. The molecule has 1 heterocycles. The Kier molecular flexibility index (Phi) is 5.87. The zero-order valence-electron chi connectivity index (χ0n) is 10.3. The maximum absolute atomic E-state index is 5.57. The molecule has 0 fully saturated rings. The van der Waals surface area contributed by atoms with Crippen LogP contribution in [-0.4, -0.2) is 26.6 Å². The first-order valence-electron chi connectivity index (χ1n) is 5.71. The molecular formula is C11H22N4S. The summed E-state index contributed by atoms with van der Waals surface area (Å²) in [4.78, 5) is 4.31. The van der Waals surface area contributed by atoms with Crippen molar-refractivity contribution in [2.45, 2.75) is 38.0 Å². The molecule has 0 aliphatic heterocycles. The molecule has 16 heavy (non-hydrogen) atoms. The fraction of sp³-hybridized carbons (Fsp3) is 0.727. The van der Waals surface area contributed by atoms with Gasteiger partial charge in [0.15, 0.2) is 0 Å². The Morgan fingerprint density at radius 1 is 1.62 bits per heavy atom. The zero-order chi connectivity index (χ0) is 12.0. The predicted molar refractivity (Wildman–Crippen MR) is 70.2 cm³/mol. The van der Waals surface area contributed by atoms with E-state index in [1.165, 1.54) is 6.42 Å². The Hall–Kier alpha value is -0.520. The Morgan fingerprint density at radius 2 is 2.38 bits per heavy atom. The molecule has 92 valence electrons. The molecule has 5 heteroatoms. The molecule has 2 unspecified atom stereocenters.